The molecule has 2 aromatic rings. The number of hydrogen-bond acceptors (Lipinski definition) is 3. The number of fused-ring (bicyclic) bond motifs is 1. The maximum atomic E-state index is 4.17. The molecule has 0 aliphatic rings. The lowest BCUT2D eigenvalue weighted by molar-refractivity contribution is 0.564. The molecule has 0 spiro atoms. The molecule has 0 bridgehead atoms. The van der Waals surface area contributed by atoms with Crippen molar-refractivity contribution in [3.8, 4) is 0 Å². The lowest BCUT2D eigenvalue weighted by Crippen LogP contribution is -2.19. The molecule has 3 heteroatoms. The zero-order valence-electron chi connectivity index (χ0n) is 11.9. The Morgan fingerprint density at radius 2 is 1.95 bits per heavy atom. The molecule has 2 rings (SSSR count). The Hall–Kier alpha value is -1.64. The van der Waals surface area contributed by atoms with Gasteiger partial charge in [0.1, 0.15) is 0 Å². The minimum atomic E-state index is 0.539. The largest absolute Gasteiger partial charge is 0.380 e. The number of hydrogen-bond donors (Lipinski definition) is 1. The van der Waals surface area contributed by atoms with Gasteiger partial charge in [-0.05, 0) is 18.9 Å². The van der Waals surface area contributed by atoms with Gasteiger partial charge in [-0.1, -0.05) is 51.3 Å². The van der Waals surface area contributed by atoms with Crippen LogP contribution in [0.25, 0.3) is 10.9 Å². The molecule has 0 fully saturated rings. The van der Waals surface area contributed by atoms with E-state index >= 15 is 0 Å². The second-order valence-corrected chi connectivity index (χ2v) is 5.05. The van der Waals surface area contributed by atoms with Gasteiger partial charge in [-0.15, -0.1) is 0 Å². The second kappa shape index (κ2) is 7.07. The first-order chi connectivity index (χ1) is 9.35. The fourth-order valence-corrected chi connectivity index (χ4v) is 2.43. The van der Waals surface area contributed by atoms with Crippen molar-refractivity contribution in [1.29, 1.82) is 0 Å². The molecule has 0 amide bonds. The Kier molecular flexibility index (Phi) is 5.13. The fourth-order valence-electron chi connectivity index (χ4n) is 2.43. The lowest BCUT2D eigenvalue weighted by atomic mass is 10.0. The van der Waals surface area contributed by atoms with E-state index in [4.69, 9.17) is 0 Å². The summed E-state index contributed by atoms with van der Waals surface area (Å²) >= 11 is 0. The maximum Gasteiger partial charge on any atom is 0.0950 e. The third-order valence-electron chi connectivity index (χ3n) is 3.45. The summed E-state index contributed by atoms with van der Waals surface area (Å²) < 4.78 is 0. The van der Waals surface area contributed by atoms with Crippen LogP contribution < -0.4 is 5.32 Å². The van der Waals surface area contributed by atoms with Crippen LogP contribution in [-0.4, -0.2) is 16.2 Å². The molecule has 3 nitrogen and oxygen atoms in total. The third-order valence-corrected chi connectivity index (χ3v) is 3.45. The Bertz CT molecular complexity index is 505. The van der Waals surface area contributed by atoms with E-state index in [1.54, 1.807) is 0 Å². The standard InChI is InChI=1S/C16H23N3/c1-3-5-9-13(8-4-2)18-16-12-17-19-15-11-7-6-10-14(15)16/h6-7,10-13H,3-5,8-9H2,1-2H3,(H,18,19). The van der Waals surface area contributed by atoms with Gasteiger partial charge >= 0.3 is 0 Å². The predicted octanol–water partition coefficient (Wildman–Crippen LogP) is 4.40. The van der Waals surface area contributed by atoms with Crippen LogP contribution >= 0.6 is 0 Å². The number of nitrogens with one attached hydrogen (secondary N) is 1. The van der Waals surface area contributed by atoms with Crippen LogP contribution in [-0.2, 0) is 0 Å². The van der Waals surface area contributed by atoms with Gasteiger partial charge in [0.25, 0.3) is 0 Å². The molecule has 1 aromatic carbocycles. The molecule has 1 heterocycles. The summed E-state index contributed by atoms with van der Waals surface area (Å²) in [6, 6.07) is 8.71. The van der Waals surface area contributed by atoms with E-state index in [1.807, 2.05) is 18.3 Å². The van der Waals surface area contributed by atoms with E-state index in [0.29, 0.717) is 6.04 Å². The smallest absolute Gasteiger partial charge is 0.0950 e. The summed E-state index contributed by atoms with van der Waals surface area (Å²) in [5.74, 6) is 0. The number of benzene rings is 1. The Labute approximate surface area is 115 Å². The molecule has 1 atom stereocenters. The number of nitrogens with zero attached hydrogens (tertiary/aromatic N) is 2. The second-order valence-electron chi connectivity index (χ2n) is 5.05. The fraction of sp³-hybridized carbons (Fsp3) is 0.500. The van der Waals surface area contributed by atoms with E-state index in [0.717, 1.165) is 16.6 Å². The molecule has 19 heavy (non-hydrogen) atoms. The van der Waals surface area contributed by atoms with E-state index in [1.165, 1.54) is 32.1 Å². The number of unbranched alkanes of at least 4 members (excludes halogenated alkanes) is 1. The van der Waals surface area contributed by atoms with E-state index in [-0.39, 0.29) is 0 Å². The normalized spacial score (nSPS) is 12.5. The van der Waals surface area contributed by atoms with Crippen LogP contribution in [0.1, 0.15) is 46.0 Å². The van der Waals surface area contributed by atoms with Crippen molar-refractivity contribution in [3.63, 3.8) is 0 Å². The molecular weight excluding hydrogens is 234 g/mol. The molecule has 1 N–H and O–H groups in total. The molecule has 0 saturated carbocycles. The third kappa shape index (κ3) is 3.66. The molecular formula is C16H23N3. The highest BCUT2D eigenvalue weighted by Gasteiger charge is 2.09. The molecule has 0 aliphatic carbocycles. The molecule has 0 radical (unpaired) electrons. The number of aromatic nitrogens is 2. The summed E-state index contributed by atoms with van der Waals surface area (Å²) in [7, 11) is 0. The van der Waals surface area contributed by atoms with Crippen LogP contribution in [0.5, 0.6) is 0 Å². The topological polar surface area (TPSA) is 37.8 Å². The molecule has 0 aliphatic heterocycles. The van der Waals surface area contributed by atoms with Gasteiger partial charge < -0.3 is 5.32 Å². The van der Waals surface area contributed by atoms with Crippen molar-refractivity contribution in [2.24, 2.45) is 0 Å². The maximum absolute atomic E-state index is 4.17. The van der Waals surface area contributed by atoms with Gasteiger partial charge in [0, 0.05) is 11.4 Å². The van der Waals surface area contributed by atoms with Crippen LogP contribution in [0.3, 0.4) is 0 Å². The zero-order chi connectivity index (χ0) is 13.5. The van der Waals surface area contributed by atoms with Gasteiger partial charge in [-0.25, -0.2) is 0 Å². The van der Waals surface area contributed by atoms with Gasteiger partial charge in [-0.3, -0.25) is 0 Å². The van der Waals surface area contributed by atoms with Crippen molar-refractivity contribution in [2.75, 3.05) is 5.32 Å². The van der Waals surface area contributed by atoms with Crippen LogP contribution in [0.4, 0.5) is 5.69 Å². The Morgan fingerprint density at radius 3 is 2.74 bits per heavy atom. The van der Waals surface area contributed by atoms with E-state index in [2.05, 4.69) is 41.5 Å². The summed E-state index contributed by atoms with van der Waals surface area (Å²) in [5, 5.41) is 13.1. The summed E-state index contributed by atoms with van der Waals surface area (Å²) in [6.45, 7) is 4.48. The van der Waals surface area contributed by atoms with Crippen molar-refractivity contribution in [3.05, 3.63) is 30.5 Å². The summed E-state index contributed by atoms with van der Waals surface area (Å²) in [6.07, 6.45) is 8.00. The Balaban J connectivity index is 2.18. The summed E-state index contributed by atoms with van der Waals surface area (Å²) in [4.78, 5) is 0. The minimum absolute atomic E-state index is 0.539. The van der Waals surface area contributed by atoms with E-state index < -0.39 is 0 Å². The van der Waals surface area contributed by atoms with Gasteiger partial charge in [0.05, 0.1) is 17.4 Å². The van der Waals surface area contributed by atoms with Crippen LogP contribution in [0.2, 0.25) is 0 Å². The average molecular weight is 257 g/mol. The van der Waals surface area contributed by atoms with Crippen molar-refractivity contribution >= 4 is 16.6 Å². The lowest BCUT2D eigenvalue weighted by Gasteiger charge is -2.19. The Morgan fingerprint density at radius 1 is 1.11 bits per heavy atom. The monoisotopic (exact) mass is 257 g/mol. The predicted molar refractivity (Wildman–Crippen MR) is 81.4 cm³/mol. The highest BCUT2D eigenvalue weighted by Crippen LogP contribution is 2.22. The number of rotatable bonds is 7. The van der Waals surface area contributed by atoms with Crippen molar-refractivity contribution < 1.29 is 0 Å². The van der Waals surface area contributed by atoms with Crippen LogP contribution in [0.15, 0.2) is 30.5 Å². The molecule has 0 saturated heterocycles. The zero-order valence-corrected chi connectivity index (χ0v) is 11.9. The average Bonchev–Trinajstić information content (AvgIpc) is 2.45. The summed E-state index contributed by atoms with van der Waals surface area (Å²) in [5.41, 5.74) is 2.07. The van der Waals surface area contributed by atoms with Gasteiger partial charge in [0.2, 0.25) is 0 Å². The van der Waals surface area contributed by atoms with Crippen molar-refractivity contribution in [1.82, 2.24) is 10.2 Å². The SMILES string of the molecule is CCCCC(CCC)Nc1cnnc2ccccc12. The van der Waals surface area contributed by atoms with E-state index in [9.17, 15) is 0 Å². The highest BCUT2D eigenvalue weighted by molar-refractivity contribution is 5.90. The first-order valence-corrected chi connectivity index (χ1v) is 7.32. The minimum Gasteiger partial charge on any atom is -0.380 e. The van der Waals surface area contributed by atoms with Gasteiger partial charge in [-0.2, -0.15) is 10.2 Å². The molecule has 102 valence electrons. The number of anilines is 1. The van der Waals surface area contributed by atoms with Crippen molar-refractivity contribution in [2.45, 2.75) is 52.0 Å². The molecule has 1 unspecified atom stereocenters. The quantitative estimate of drug-likeness (QED) is 0.798. The van der Waals surface area contributed by atoms with Crippen LogP contribution in [0, 0.1) is 0 Å². The van der Waals surface area contributed by atoms with Gasteiger partial charge in [0.15, 0.2) is 0 Å². The molecule has 1 aromatic heterocycles. The highest BCUT2D eigenvalue weighted by atomic mass is 15.1. The first-order valence-electron chi connectivity index (χ1n) is 7.32. The first kappa shape index (κ1) is 13.8.